The van der Waals surface area contributed by atoms with Gasteiger partial charge in [0.05, 0.1) is 19.4 Å². The number of nitrogens with one attached hydrogen (secondary N) is 2. The maximum atomic E-state index is 13.3. The van der Waals surface area contributed by atoms with E-state index in [0.717, 1.165) is 24.1 Å². The number of rotatable bonds is 10. The Morgan fingerprint density at radius 1 is 0.704 bits per heavy atom. The third-order valence-electron chi connectivity index (χ3n) is 8.01. The van der Waals surface area contributed by atoms with Crippen LogP contribution in [0.2, 0.25) is 10.0 Å². The number of hydrogen-bond donors (Lipinski definition) is 2. The largest absolute Gasteiger partial charge is 0.493 e. The first-order valence-electron chi connectivity index (χ1n) is 16.8. The number of hydrazone groups is 1. The highest BCUT2D eigenvalue weighted by Gasteiger charge is 2.22. The van der Waals surface area contributed by atoms with Crippen LogP contribution in [-0.2, 0) is 0 Å². The standard InChI is InChI=1S/C34H31ClN4O5.C7H4Cl2O/c1-3-44-31-21-24(13-18-30(31)43-2)29-8-5-19-39(38-29)34(42)23-11-16-27(17-12-23)36-33(41)25-6-4-7-28(20-25)37-32(40)22-9-14-26(35)15-10-22;8-6-3-1-5(2-4-6)7(9)10/h4,6-7,9-18,20-21H,3,5,8,19H2,1-2H3,(H,36,41)(H,37,40);1-4H. The minimum atomic E-state index is -0.461. The highest BCUT2D eigenvalue weighted by molar-refractivity contribution is 6.67. The van der Waals surface area contributed by atoms with Gasteiger partial charge in [0.25, 0.3) is 23.0 Å². The molecule has 2 N–H and O–H groups in total. The van der Waals surface area contributed by atoms with Crippen LogP contribution in [0.4, 0.5) is 11.4 Å². The Bertz CT molecular complexity index is 2160. The molecule has 13 heteroatoms. The first-order chi connectivity index (χ1) is 26.0. The van der Waals surface area contributed by atoms with Crippen LogP contribution in [0.15, 0.2) is 120 Å². The van der Waals surface area contributed by atoms with Crippen molar-refractivity contribution in [1.82, 2.24) is 5.01 Å². The van der Waals surface area contributed by atoms with Crippen molar-refractivity contribution in [2.75, 3.05) is 30.9 Å². The van der Waals surface area contributed by atoms with Crippen molar-refractivity contribution in [2.45, 2.75) is 19.8 Å². The highest BCUT2D eigenvalue weighted by Crippen LogP contribution is 2.30. The Labute approximate surface area is 327 Å². The molecule has 1 aliphatic heterocycles. The Kier molecular flexibility index (Phi) is 13.8. The number of amides is 3. The molecular weight excluding hydrogens is 751 g/mol. The summed E-state index contributed by atoms with van der Waals surface area (Å²) in [5.41, 5.74) is 4.38. The van der Waals surface area contributed by atoms with Crippen molar-refractivity contribution in [3.8, 4) is 11.5 Å². The van der Waals surface area contributed by atoms with Crippen LogP contribution >= 0.6 is 34.8 Å². The second kappa shape index (κ2) is 18.9. The minimum absolute atomic E-state index is 0.234. The lowest BCUT2D eigenvalue weighted by Crippen LogP contribution is -2.32. The number of carbonyl (C=O) groups excluding carboxylic acids is 4. The summed E-state index contributed by atoms with van der Waals surface area (Å²) >= 11 is 16.6. The van der Waals surface area contributed by atoms with Gasteiger partial charge >= 0.3 is 0 Å². The molecule has 0 aliphatic carbocycles. The predicted molar refractivity (Wildman–Crippen MR) is 213 cm³/mol. The smallest absolute Gasteiger partial charge is 0.273 e. The molecule has 0 spiro atoms. The van der Waals surface area contributed by atoms with Crippen LogP contribution in [0.1, 0.15) is 66.8 Å². The molecule has 1 heterocycles. The van der Waals surface area contributed by atoms with E-state index in [4.69, 9.17) is 44.3 Å². The van der Waals surface area contributed by atoms with Crippen molar-refractivity contribution in [2.24, 2.45) is 5.10 Å². The predicted octanol–water partition coefficient (Wildman–Crippen LogP) is 9.61. The van der Waals surface area contributed by atoms with Gasteiger partial charge in [-0.2, -0.15) is 5.10 Å². The second-order valence-electron chi connectivity index (χ2n) is 11.7. The zero-order chi connectivity index (χ0) is 38.6. The molecule has 5 aromatic carbocycles. The van der Waals surface area contributed by atoms with Crippen LogP contribution in [0, 0.1) is 0 Å². The molecular formula is C41H35Cl3N4O6. The van der Waals surface area contributed by atoms with Gasteiger partial charge in [0, 0.05) is 55.8 Å². The Hall–Kier alpha value is -5.68. The minimum Gasteiger partial charge on any atom is -0.493 e. The maximum Gasteiger partial charge on any atom is 0.273 e. The SMILES string of the molecule is CCOc1cc(C2=NN(C(=O)c3ccc(NC(=O)c4cccc(NC(=O)c5ccc(Cl)cc5)c4)cc3)CCC2)ccc1OC.O=C(Cl)c1ccc(Cl)cc1. The van der Waals surface area contributed by atoms with E-state index >= 15 is 0 Å². The van der Waals surface area contributed by atoms with Gasteiger partial charge in [-0.3, -0.25) is 19.2 Å². The third kappa shape index (κ3) is 10.7. The summed E-state index contributed by atoms with van der Waals surface area (Å²) in [6.07, 6.45) is 1.51. The lowest BCUT2D eigenvalue weighted by molar-refractivity contribution is 0.0751. The average Bonchev–Trinajstić information content (AvgIpc) is 3.19. The summed E-state index contributed by atoms with van der Waals surface area (Å²) in [6, 6.07) is 31.8. The van der Waals surface area contributed by atoms with E-state index in [0.29, 0.717) is 68.3 Å². The number of benzene rings is 5. The average molecular weight is 786 g/mol. The molecule has 1 aliphatic rings. The van der Waals surface area contributed by atoms with E-state index in [2.05, 4.69) is 15.7 Å². The molecule has 0 atom stereocenters. The fraction of sp³-hybridized carbons (Fsp3) is 0.146. The Morgan fingerprint density at radius 2 is 1.31 bits per heavy atom. The van der Waals surface area contributed by atoms with Gasteiger partial charge in [0.2, 0.25) is 0 Å². The van der Waals surface area contributed by atoms with Gasteiger partial charge < -0.3 is 20.1 Å². The van der Waals surface area contributed by atoms with Crippen LogP contribution in [0.5, 0.6) is 11.5 Å². The zero-order valence-corrected chi connectivity index (χ0v) is 31.5. The Morgan fingerprint density at radius 3 is 1.94 bits per heavy atom. The number of anilines is 2. The maximum absolute atomic E-state index is 13.3. The lowest BCUT2D eigenvalue weighted by atomic mass is 10.0. The summed E-state index contributed by atoms with van der Waals surface area (Å²) in [6.45, 7) is 2.91. The topological polar surface area (TPSA) is 126 Å². The van der Waals surface area contributed by atoms with Crippen LogP contribution in [0.3, 0.4) is 0 Å². The molecule has 0 saturated carbocycles. The van der Waals surface area contributed by atoms with Crippen molar-refractivity contribution in [3.63, 3.8) is 0 Å². The van der Waals surface area contributed by atoms with Gasteiger partial charge in [-0.15, -0.1) is 0 Å². The molecule has 5 aromatic rings. The van der Waals surface area contributed by atoms with E-state index in [1.165, 1.54) is 5.01 Å². The molecule has 0 radical (unpaired) electrons. The number of nitrogens with zero attached hydrogens (tertiary/aromatic N) is 2. The van der Waals surface area contributed by atoms with E-state index in [-0.39, 0.29) is 17.7 Å². The number of ether oxygens (including phenoxy) is 2. The normalized spacial score (nSPS) is 12.0. The van der Waals surface area contributed by atoms with Gasteiger partial charge in [-0.1, -0.05) is 29.3 Å². The fourth-order valence-electron chi connectivity index (χ4n) is 5.29. The number of methoxy groups -OCH3 is 1. The van der Waals surface area contributed by atoms with Crippen molar-refractivity contribution >= 4 is 74.9 Å². The Balaban J connectivity index is 0.000000486. The quantitative estimate of drug-likeness (QED) is 0.136. The lowest BCUT2D eigenvalue weighted by Gasteiger charge is -2.24. The van der Waals surface area contributed by atoms with E-state index in [9.17, 15) is 19.2 Å². The van der Waals surface area contributed by atoms with Crippen LogP contribution < -0.4 is 20.1 Å². The van der Waals surface area contributed by atoms with E-state index in [1.54, 1.807) is 104 Å². The molecule has 0 saturated heterocycles. The van der Waals surface area contributed by atoms with Gasteiger partial charge in [0.1, 0.15) is 0 Å². The van der Waals surface area contributed by atoms with Crippen molar-refractivity contribution < 1.29 is 28.7 Å². The highest BCUT2D eigenvalue weighted by atomic mass is 35.5. The molecule has 0 unspecified atom stereocenters. The monoisotopic (exact) mass is 784 g/mol. The molecule has 0 fully saturated rings. The molecule has 10 nitrogen and oxygen atoms in total. The third-order valence-corrected chi connectivity index (χ3v) is 8.73. The van der Waals surface area contributed by atoms with E-state index in [1.807, 2.05) is 25.1 Å². The molecule has 0 aromatic heterocycles. The van der Waals surface area contributed by atoms with Crippen molar-refractivity contribution in [3.05, 3.63) is 153 Å². The van der Waals surface area contributed by atoms with Crippen LogP contribution in [0.25, 0.3) is 0 Å². The van der Waals surface area contributed by atoms with Gasteiger partial charge in [-0.25, -0.2) is 5.01 Å². The summed E-state index contributed by atoms with van der Waals surface area (Å²) < 4.78 is 11.1. The molecule has 6 rings (SSSR count). The fourth-order valence-corrected chi connectivity index (χ4v) is 5.67. The van der Waals surface area contributed by atoms with Crippen molar-refractivity contribution in [1.29, 1.82) is 0 Å². The molecule has 3 amide bonds. The molecule has 0 bridgehead atoms. The van der Waals surface area contributed by atoms with E-state index < -0.39 is 5.24 Å². The zero-order valence-electron chi connectivity index (χ0n) is 29.3. The molecule has 54 heavy (non-hydrogen) atoms. The first-order valence-corrected chi connectivity index (χ1v) is 17.9. The summed E-state index contributed by atoms with van der Waals surface area (Å²) in [4.78, 5) is 49.3. The number of halogens is 3. The molecule has 276 valence electrons. The number of carbonyl (C=O) groups is 4. The summed E-state index contributed by atoms with van der Waals surface area (Å²) in [5.74, 6) is 0.362. The van der Waals surface area contributed by atoms with Gasteiger partial charge in [-0.05, 0) is 141 Å². The summed E-state index contributed by atoms with van der Waals surface area (Å²) in [5, 5.41) is 12.4. The van der Waals surface area contributed by atoms with Gasteiger partial charge in [0.15, 0.2) is 11.5 Å². The number of hydrogen-bond acceptors (Lipinski definition) is 7. The second-order valence-corrected chi connectivity index (χ2v) is 12.9. The first kappa shape index (κ1) is 39.5. The summed E-state index contributed by atoms with van der Waals surface area (Å²) in [7, 11) is 1.59. The van der Waals surface area contributed by atoms with Crippen LogP contribution in [-0.4, -0.2) is 53.9 Å².